The van der Waals surface area contributed by atoms with Gasteiger partial charge in [0, 0.05) is 37.8 Å². The van der Waals surface area contributed by atoms with E-state index in [1.165, 1.54) is 18.2 Å². The van der Waals surface area contributed by atoms with Crippen LogP contribution in [0.5, 0.6) is 0 Å². The van der Waals surface area contributed by atoms with Gasteiger partial charge in [-0.05, 0) is 30.4 Å². The molecule has 0 bridgehead atoms. The summed E-state index contributed by atoms with van der Waals surface area (Å²) in [5, 5.41) is 3.05. The Morgan fingerprint density at radius 2 is 1.52 bits per heavy atom. The molecule has 1 N–H and O–H groups in total. The minimum Gasteiger partial charge on any atom is -0.453 e. The zero-order valence-corrected chi connectivity index (χ0v) is 25.3. The molecule has 2 heterocycles. The molecule has 8 nitrogen and oxygen atoms in total. The third kappa shape index (κ3) is 6.70. The Bertz CT molecular complexity index is 1530. The van der Waals surface area contributed by atoms with Gasteiger partial charge in [0.2, 0.25) is 0 Å². The molecule has 4 aromatic rings. The fraction of sp³-hybridized carbons (Fsp3) is 0.361. The highest BCUT2D eigenvalue weighted by Gasteiger charge is 2.36. The van der Waals surface area contributed by atoms with Gasteiger partial charge in [0.15, 0.2) is 5.69 Å². The Labute approximate surface area is 259 Å². The lowest BCUT2D eigenvalue weighted by Crippen LogP contribution is -2.55. The quantitative estimate of drug-likeness (QED) is 0.274. The van der Waals surface area contributed by atoms with E-state index >= 15 is 0 Å². The molecule has 0 spiro atoms. The van der Waals surface area contributed by atoms with E-state index in [-0.39, 0.29) is 24.0 Å². The van der Waals surface area contributed by atoms with Crippen LogP contribution in [0.2, 0.25) is 0 Å². The van der Waals surface area contributed by atoms with Crippen molar-refractivity contribution in [1.29, 1.82) is 0 Å². The number of piperazine rings is 1. The SMILES string of the molecule is COC(=O)N[C@H]1CCCC[C@@H]1n1cnc(C(=O)N2CCN(Cc3ccccc3)C[C@H]2Cc2ccccc2)c1-c1ccccc1. The molecule has 3 atom stereocenters. The third-order valence-corrected chi connectivity index (χ3v) is 9.01. The molecule has 1 saturated heterocycles. The molecule has 1 aliphatic heterocycles. The second-order valence-corrected chi connectivity index (χ2v) is 11.9. The summed E-state index contributed by atoms with van der Waals surface area (Å²) in [6.45, 7) is 3.06. The lowest BCUT2D eigenvalue weighted by Gasteiger charge is -2.41. The largest absolute Gasteiger partial charge is 0.453 e. The average molecular weight is 592 g/mol. The van der Waals surface area contributed by atoms with Gasteiger partial charge in [0.1, 0.15) is 0 Å². The molecule has 44 heavy (non-hydrogen) atoms. The van der Waals surface area contributed by atoms with Crippen molar-refractivity contribution in [2.45, 2.75) is 56.8 Å². The molecule has 8 heteroatoms. The Hall–Kier alpha value is -4.43. The van der Waals surface area contributed by atoms with E-state index in [9.17, 15) is 9.59 Å². The van der Waals surface area contributed by atoms with Crippen molar-refractivity contribution < 1.29 is 14.3 Å². The maximum Gasteiger partial charge on any atom is 0.407 e. The first-order valence-corrected chi connectivity index (χ1v) is 15.7. The number of amides is 2. The second kappa shape index (κ2) is 13.9. The number of aromatic nitrogens is 2. The summed E-state index contributed by atoms with van der Waals surface area (Å²) in [5.41, 5.74) is 4.71. The van der Waals surface area contributed by atoms with Crippen molar-refractivity contribution in [3.8, 4) is 11.3 Å². The van der Waals surface area contributed by atoms with Gasteiger partial charge in [-0.25, -0.2) is 9.78 Å². The van der Waals surface area contributed by atoms with E-state index in [1.807, 2.05) is 47.4 Å². The number of imidazole rings is 1. The Morgan fingerprint density at radius 1 is 0.864 bits per heavy atom. The number of methoxy groups -OCH3 is 1. The molecule has 2 aliphatic rings. The minimum absolute atomic E-state index is 0.000411. The van der Waals surface area contributed by atoms with Crippen LogP contribution >= 0.6 is 0 Å². The van der Waals surface area contributed by atoms with Crippen molar-refractivity contribution in [3.05, 3.63) is 114 Å². The number of alkyl carbamates (subject to hydrolysis) is 1. The number of nitrogens with one attached hydrogen (secondary N) is 1. The van der Waals surface area contributed by atoms with Crippen LogP contribution in [0.3, 0.4) is 0 Å². The predicted molar refractivity (Wildman–Crippen MR) is 171 cm³/mol. The van der Waals surface area contributed by atoms with Crippen LogP contribution < -0.4 is 5.32 Å². The molecular weight excluding hydrogens is 550 g/mol. The first-order chi connectivity index (χ1) is 21.6. The molecule has 2 amide bonds. The molecule has 2 fully saturated rings. The van der Waals surface area contributed by atoms with Gasteiger partial charge in [-0.2, -0.15) is 0 Å². The van der Waals surface area contributed by atoms with E-state index < -0.39 is 6.09 Å². The highest BCUT2D eigenvalue weighted by Crippen LogP contribution is 2.35. The Morgan fingerprint density at radius 3 is 2.23 bits per heavy atom. The molecular formula is C36H41N5O3. The number of nitrogens with zero attached hydrogens (tertiary/aromatic N) is 4. The summed E-state index contributed by atoms with van der Waals surface area (Å²) in [4.78, 5) is 36.2. The number of hydrogen-bond donors (Lipinski definition) is 1. The monoisotopic (exact) mass is 591 g/mol. The fourth-order valence-corrected chi connectivity index (χ4v) is 6.84. The van der Waals surface area contributed by atoms with Crippen LogP contribution in [0.25, 0.3) is 11.3 Å². The van der Waals surface area contributed by atoms with E-state index in [0.717, 1.165) is 63.0 Å². The molecule has 0 unspecified atom stereocenters. The molecule has 1 aliphatic carbocycles. The van der Waals surface area contributed by atoms with Crippen LogP contribution in [0.4, 0.5) is 4.79 Å². The molecule has 6 rings (SSSR count). The summed E-state index contributed by atoms with van der Waals surface area (Å²) in [6, 6.07) is 30.9. The summed E-state index contributed by atoms with van der Waals surface area (Å²) >= 11 is 0. The molecule has 1 saturated carbocycles. The highest BCUT2D eigenvalue weighted by atomic mass is 16.5. The highest BCUT2D eigenvalue weighted by molar-refractivity contribution is 5.98. The first kappa shape index (κ1) is 29.6. The number of benzene rings is 3. The van der Waals surface area contributed by atoms with Crippen molar-refractivity contribution >= 4 is 12.0 Å². The van der Waals surface area contributed by atoms with Crippen molar-refractivity contribution in [1.82, 2.24) is 24.7 Å². The minimum atomic E-state index is -0.434. The van der Waals surface area contributed by atoms with Crippen LogP contribution in [-0.2, 0) is 17.7 Å². The van der Waals surface area contributed by atoms with Crippen LogP contribution in [0, 0.1) is 0 Å². The smallest absolute Gasteiger partial charge is 0.407 e. The zero-order valence-electron chi connectivity index (χ0n) is 25.3. The lowest BCUT2D eigenvalue weighted by molar-refractivity contribution is 0.0434. The van der Waals surface area contributed by atoms with Crippen LogP contribution in [0.1, 0.15) is 53.3 Å². The predicted octanol–water partition coefficient (Wildman–Crippen LogP) is 5.96. The van der Waals surface area contributed by atoms with Gasteiger partial charge in [-0.3, -0.25) is 9.69 Å². The number of hydrogen-bond acceptors (Lipinski definition) is 5. The number of ether oxygens (including phenoxy) is 1. The molecule has 0 radical (unpaired) electrons. The van der Waals surface area contributed by atoms with Gasteiger partial charge >= 0.3 is 6.09 Å². The molecule has 228 valence electrons. The van der Waals surface area contributed by atoms with Gasteiger partial charge in [0.05, 0.1) is 31.2 Å². The van der Waals surface area contributed by atoms with Gasteiger partial charge in [-0.1, -0.05) is 104 Å². The normalized spacial score (nSPS) is 20.7. The first-order valence-electron chi connectivity index (χ1n) is 15.7. The lowest BCUT2D eigenvalue weighted by atomic mass is 9.89. The number of carbonyl (C=O) groups is 2. The number of rotatable bonds is 8. The van der Waals surface area contributed by atoms with Crippen LogP contribution in [0.15, 0.2) is 97.3 Å². The summed E-state index contributed by atoms with van der Waals surface area (Å²) < 4.78 is 7.07. The van der Waals surface area contributed by atoms with E-state index in [0.29, 0.717) is 12.2 Å². The van der Waals surface area contributed by atoms with Crippen molar-refractivity contribution in [2.24, 2.45) is 0 Å². The van der Waals surface area contributed by atoms with Gasteiger partial charge in [-0.15, -0.1) is 0 Å². The summed E-state index contributed by atoms with van der Waals surface area (Å²) in [5.74, 6) is -0.0452. The maximum absolute atomic E-state index is 14.6. The van der Waals surface area contributed by atoms with E-state index in [4.69, 9.17) is 9.72 Å². The summed E-state index contributed by atoms with van der Waals surface area (Å²) in [6.07, 6.45) is 5.94. The van der Waals surface area contributed by atoms with E-state index in [2.05, 4.69) is 63.3 Å². The second-order valence-electron chi connectivity index (χ2n) is 11.9. The molecule has 1 aromatic heterocycles. The number of carbonyl (C=O) groups excluding carboxylic acids is 2. The van der Waals surface area contributed by atoms with Crippen LogP contribution in [-0.4, -0.2) is 70.2 Å². The maximum atomic E-state index is 14.6. The zero-order chi connectivity index (χ0) is 30.3. The van der Waals surface area contributed by atoms with Gasteiger partial charge < -0.3 is 19.5 Å². The topological polar surface area (TPSA) is 79.7 Å². The Kier molecular flexibility index (Phi) is 9.37. The average Bonchev–Trinajstić information content (AvgIpc) is 3.51. The molecule has 3 aromatic carbocycles. The third-order valence-electron chi connectivity index (χ3n) is 9.01. The van der Waals surface area contributed by atoms with Crippen molar-refractivity contribution in [2.75, 3.05) is 26.7 Å². The van der Waals surface area contributed by atoms with Gasteiger partial charge in [0.25, 0.3) is 5.91 Å². The summed E-state index contributed by atoms with van der Waals surface area (Å²) in [7, 11) is 1.39. The van der Waals surface area contributed by atoms with Crippen molar-refractivity contribution in [3.63, 3.8) is 0 Å². The standard InChI is InChI=1S/C36H41N5O3/c1-44-36(43)38-31-19-11-12-20-32(31)41-26-37-33(34(41)29-17-9-4-10-18-29)35(42)40-22-21-39(24-28-15-7-3-8-16-28)25-30(40)23-27-13-5-2-6-14-27/h2-10,13-18,26,30-32H,11-12,19-25H2,1H3,(H,38,43)/t30-,31+,32+/m1/s1. The fourth-order valence-electron chi connectivity index (χ4n) is 6.84. The Balaban J connectivity index is 1.33. The van der Waals surface area contributed by atoms with E-state index in [1.54, 1.807) is 6.33 Å².